The van der Waals surface area contributed by atoms with Crippen molar-refractivity contribution in [2.45, 2.75) is 72.8 Å². The fraction of sp³-hybridized carbons (Fsp3) is 0.481. The van der Waals surface area contributed by atoms with E-state index in [0.717, 1.165) is 40.2 Å². The Balaban J connectivity index is 1.78. The van der Waals surface area contributed by atoms with Crippen molar-refractivity contribution in [3.8, 4) is 17.2 Å². The molecule has 0 bridgehead atoms. The molecule has 3 rings (SSSR count). The summed E-state index contributed by atoms with van der Waals surface area (Å²) in [5.74, 6) is 1.76. The number of benzene rings is 2. The summed E-state index contributed by atoms with van der Waals surface area (Å²) in [4.78, 5) is 27.1. The summed E-state index contributed by atoms with van der Waals surface area (Å²) in [6.45, 7) is 14.4. The molecule has 6 heteroatoms. The van der Waals surface area contributed by atoms with Crippen LogP contribution in [0.3, 0.4) is 0 Å². The Morgan fingerprint density at radius 3 is 2.48 bits per heavy atom. The maximum Gasteiger partial charge on any atom is 0.308 e. The van der Waals surface area contributed by atoms with Crippen molar-refractivity contribution in [2.75, 3.05) is 13.3 Å². The van der Waals surface area contributed by atoms with Crippen LogP contribution in [0.2, 0.25) is 0 Å². The Labute approximate surface area is 196 Å². The predicted octanol–water partition coefficient (Wildman–Crippen LogP) is 5.10. The van der Waals surface area contributed by atoms with Gasteiger partial charge < -0.3 is 19.1 Å². The van der Waals surface area contributed by atoms with Crippen molar-refractivity contribution >= 4 is 11.9 Å². The second-order valence-corrected chi connectivity index (χ2v) is 9.53. The average Bonchev–Trinajstić information content (AvgIpc) is 3.14. The maximum absolute atomic E-state index is 13.5. The number of esters is 1. The molecule has 178 valence electrons. The number of hydrogen-bond acceptors (Lipinski definition) is 5. The van der Waals surface area contributed by atoms with Gasteiger partial charge in [-0.2, -0.15) is 0 Å². The van der Waals surface area contributed by atoms with Crippen molar-refractivity contribution in [2.24, 2.45) is 0 Å². The van der Waals surface area contributed by atoms with E-state index in [1.807, 2.05) is 63.8 Å². The molecule has 1 unspecified atom stereocenters. The molecule has 0 spiro atoms. The van der Waals surface area contributed by atoms with Gasteiger partial charge in [-0.25, -0.2) is 0 Å². The first-order valence-electron chi connectivity index (χ1n) is 11.5. The van der Waals surface area contributed by atoms with E-state index in [2.05, 4.69) is 13.0 Å². The molecule has 1 atom stereocenters. The van der Waals surface area contributed by atoms with Crippen molar-refractivity contribution in [3.05, 3.63) is 52.6 Å². The number of carbonyl (C=O) groups excluding carboxylic acids is 2. The molecule has 0 N–H and O–H groups in total. The van der Waals surface area contributed by atoms with Crippen LogP contribution in [0, 0.1) is 13.8 Å². The molecule has 6 nitrogen and oxygen atoms in total. The summed E-state index contributed by atoms with van der Waals surface area (Å²) < 4.78 is 16.4. The van der Waals surface area contributed by atoms with Crippen LogP contribution in [0.15, 0.2) is 30.3 Å². The van der Waals surface area contributed by atoms with E-state index in [1.165, 1.54) is 6.92 Å². The highest BCUT2D eigenvalue weighted by molar-refractivity contribution is 5.79. The molecule has 0 fully saturated rings. The highest BCUT2D eigenvalue weighted by atomic mass is 16.7. The number of amides is 1. The fourth-order valence-corrected chi connectivity index (χ4v) is 4.85. The van der Waals surface area contributed by atoms with Crippen LogP contribution >= 0.6 is 0 Å². The number of aryl methyl sites for hydroxylation is 2. The van der Waals surface area contributed by atoms with Crippen LogP contribution in [-0.4, -0.2) is 36.2 Å². The Morgan fingerprint density at radius 2 is 1.82 bits per heavy atom. The van der Waals surface area contributed by atoms with Crippen molar-refractivity contribution < 1.29 is 23.8 Å². The number of likely N-dealkylation sites (N-methyl/N-ethyl adjacent to an activating group) is 1. The number of carbonyl (C=O) groups is 2. The van der Waals surface area contributed by atoms with Crippen LogP contribution in [-0.2, 0) is 21.4 Å². The average molecular weight is 454 g/mol. The van der Waals surface area contributed by atoms with Crippen LogP contribution < -0.4 is 14.2 Å². The molecular weight excluding hydrogens is 418 g/mol. The first-order chi connectivity index (χ1) is 15.5. The predicted molar refractivity (Wildman–Crippen MR) is 128 cm³/mol. The number of hydrogen-bond donors (Lipinski definition) is 0. The van der Waals surface area contributed by atoms with Crippen molar-refractivity contribution in [3.63, 3.8) is 0 Å². The third kappa shape index (κ3) is 5.67. The SMILES string of the molecule is CCN(C(=O)CC(C)(C)c1c(C)cc(C)cc1OC(C)=O)C(C)Cc1ccc2c(c1)OCO2. The minimum absolute atomic E-state index is 0.0192. The Bertz CT molecular complexity index is 1040. The molecule has 33 heavy (non-hydrogen) atoms. The van der Waals surface area contributed by atoms with E-state index in [0.29, 0.717) is 18.7 Å². The second kappa shape index (κ2) is 9.86. The molecule has 0 aromatic heterocycles. The maximum atomic E-state index is 13.5. The largest absolute Gasteiger partial charge is 0.454 e. The molecule has 0 saturated carbocycles. The summed E-state index contributed by atoms with van der Waals surface area (Å²) in [5, 5.41) is 0. The van der Waals surface area contributed by atoms with E-state index < -0.39 is 5.41 Å². The van der Waals surface area contributed by atoms with Gasteiger partial charge in [0.25, 0.3) is 0 Å². The lowest BCUT2D eigenvalue weighted by Crippen LogP contribution is -2.42. The first-order valence-corrected chi connectivity index (χ1v) is 11.5. The molecule has 2 aromatic carbocycles. The Morgan fingerprint density at radius 1 is 1.12 bits per heavy atom. The number of rotatable bonds is 8. The van der Waals surface area contributed by atoms with Gasteiger partial charge >= 0.3 is 5.97 Å². The molecule has 1 aliphatic heterocycles. The summed E-state index contributed by atoms with van der Waals surface area (Å²) in [5.41, 5.74) is 3.52. The lowest BCUT2D eigenvalue weighted by Gasteiger charge is -2.34. The van der Waals surface area contributed by atoms with Gasteiger partial charge in [0.1, 0.15) is 5.75 Å². The fourth-order valence-electron chi connectivity index (χ4n) is 4.85. The lowest BCUT2D eigenvalue weighted by atomic mass is 9.77. The van der Waals surface area contributed by atoms with Gasteiger partial charge in [0.05, 0.1) is 0 Å². The van der Waals surface area contributed by atoms with Gasteiger partial charge in [0.2, 0.25) is 12.7 Å². The summed E-state index contributed by atoms with van der Waals surface area (Å²) in [7, 11) is 0. The van der Waals surface area contributed by atoms with Gasteiger partial charge in [-0.3, -0.25) is 9.59 Å². The summed E-state index contributed by atoms with van der Waals surface area (Å²) >= 11 is 0. The minimum atomic E-state index is -0.508. The molecule has 0 saturated heterocycles. The second-order valence-electron chi connectivity index (χ2n) is 9.53. The highest BCUT2D eigenvalue weighted by Crippen LogP contribution is 2.39. The van der Waals surface area contributed by atoms with E-state index in [4.69, 9.17) is 14.2 Å². The van der Waals surface area contributed by atoms with Crippen molar-refractivity contribution in [1.82, 2.24) is 4.90 Å². The third-order valence-electron chi connectivity index (χ3n) is 6.13. The molecule has 1 amide bonds. The van der Waals surface area contributed by atoms with Crippen LogP contribution in [0.1, 0.15) is 63.3 Å². The van der Waals surface area contributed by atoms with E-state index in [9.17, 15) is 9.59 Å². The zero-order valence-corrected chi connectivity index (χ0v) is 20.8. The van der Waals surface area contributed by atoms with Gasteiger partial charge in [0, 0.05) is 36.9 Å². The number of fused-ring (bicyclic) bond motifs is 1. The third-order valence-corrected chi connectivity index (χ3v) is 6.13. The lowest BCUT2D eigenvalue weighted by molar-refractivity contribution is -0.134. The monoisotopic (exact) mass is 453 g/mol. The Kier molecular flexibility index (Phi) is 7.35. The molecular formula is C27H35NO5. The molecule has 1 heterocycles. The summed E-state index contributed by atoms with van der Waals surface area (Å²) in [6, 6.07) is 9.88. The molecule has 0 aliphatic carbocycles. The zero-order valence-electron chi connectivity index (χ0n) is 20.8. The van der Waals surface area contributed by atoms with Crippen LogP contribution in [0.5, 0.6) is 17.2 Å². The van der Waals surface area contributed by atoms with E-state index in [1.54, 1.807) is 0 Å². The topological polar surface area (TPSA) is 65.1 Å². The minimum Gasteiger partial charge on any atom is -0.454 e. The molecule has 2 aromatic rings. The number of ether oxygens (including phenoxy) is 3. The van der Waals surface area contributed by atoms with E-state index >= 15 is 0 Å². The molecule has 0 radical (unpaired) electrons. The van der Waals surface area contributed by atoms with Crippen molar-refractivity contribution in [1.29, 1.82) is 0 Å². The van der Waals surface area contributed by atoms with E-state index in [-0.39, 0.29) is 24.7 Å². The highest BCUT2D eigenvalue weighted by Gasteiger charge is 2.33. The van der Waals surface area contributed by atoms with Gasteiger partial charge in [-0.1, -0.05) is 26.0 Å². The quantitative estimate of drug-likeness (QED) is 0.411. The van der Waals surface area contributed by atoms with Crippen LogP contribution in [0.25, 0.3) is 0 Å². The van der Waals surface area contributed by atoms with Gasteiger partial charge in [-0.05, 0) is 69.0 Å². The summed E-state index contributed by atoms with van der Waals surface area (Å²) in [6.07, 6.45) is 1.03. The van der Waals surface area contributed by atoms with Gasteiger partial charge in [0.15, 0.2) is 11.5 Å². The smallest absolute Gasteiger partial charge is 0.308 e. The normalized spacial score (nSPS) is 13.5. The zero-order chi connectivity index (χ0) is 24.3. The van der Waals surface area contributed by atoms with Gasteiger partial charge in [-0.15, -0.1) is 0 Å². The Hall–Kier alpha value is -3.02. The van der Waals surface area contributed by atoms with Crippen LogP contribution in [0.4, 0.5) is 0 Å². The number of nitrogens with zero attached hydrogens (tertiary/aromatic N) is 1. The molecule has 1 aliphatic rings. The standard InChI is InChI=1S/C27H35NO5/c1-8-28(19(4)13-21-9-10-22-23(14-21)32-16-31-22)25(30)15-27(6,7)26-18(3)11-17(2)12-24(26)33-20(5)29/h9-12,14,19H,8,13,15-16H2,1-7H3. The first kappa shape index (κ1) is 24.6.